The van der Waals surface area contributed by atoms with E-state index in [1.54, 1.807) is 0 Å². The predicted molar refractivity (Wildman–Crippen MR) is 44.1 cm³/mol. The van der Waals surface area contributed by atoms with E-state index in [1.807, 2.05) is 18.9 Å². The molecule has 0 bridgehead atoms. The number of carboxylic acid groups (broad SMARTS) is 1. The Morgan fingerprint density at radius 3 is 2.50 bits per heavy atom. The summed E-state index contributed by atoms with van der Waals surface area (Å²) >= 11 is 0. The standard InChI is InChI=1S/C8H15NO3/c1-3-9(2)4-8(7(10)11)5-12-6-8/h3-6H2,1-2H3,(H,10,11). The highest BCUT2D eigenvalue weighted by molar-refractivity contribution is 5.76. The lowest BCUT2D eigenvalue weighted by Gasteiger charge is -2.39. The van der Waals surface area contributed by atoms with Gasteiger partial charge in [0.05, 0.1) is 13.2 Å². The minimum atomic E-state index is -0.742. The van der Waals surface area contributed by atoms with Gasteiger partial charge >= 0.3 is 5.97 Å². The molecule has 0 aromatic rings. The Balaban J connectivity index is 2.50. The van der Waals surface area contributed by atoms with Gasteiger partial charge in [0.25, 0.3) is 0 Å². The third-order valence-electron chi connectivity index (χ3n) is 2.32. The first kappa shape index (κ1) is 9.48. The van der Waals surface area contributed by atoms with Crippen molar-refractivity contribution in [2.45, 2.75) is 6.92 Å². The van der Waals surface area contributed by atoms with E-state index in [-0.39, 0.29) is 0 Å². The van der Waals surface area contributed by atoms with Crippen LogP contribution in [-0.4, -0.2) is 49.3 Å². The second kappa shape index (κ2) is 3.41. The van der Waals surface area contributed by atoms with E-state index in [0.29, 0.717) is 19.8 Å². The van der Waals surface area contributed by atoms with Crippen molar-refractivity contribution in [2.75, 3.05) is 33.4 Å². The summed E-state index contributed by atoms with van der Waals surface area (Å²) < 4.78 is 4.94. The normalized spacial score (nSPS) is 20.6. The van der Waals surface area contributed by atoms with Gasteiger partial charge in [0, 0.05) is 6.54 Å². The van der Waals surface area contributed by atoms with Crippen molar-refractivity contribution in [3.63, 3.8) is 0 Å². The average Bonchev–Trinajstić information content (AvgIpc) is 1.95. The molecule has 0 amide bonds. The maximum absolute atomic E-state index is 10.8. The second-order valence-corrected chi connectivity index (χ2v) is 3.41. The van der Waals surface area contributed by atoms with Gasteiger partial charge in [-0.1, -0.05) is 6.92 Å². The Kier molecular flexibility index (Phi) is 2.69. The van der Waals surface area contributed by atoms with Crippen LogP contribution in [0.4, 0.5) is 0 Å². The van der Waals surface area contributed by atoms with E-state index in [9.17, 15) is 4.79 Å². The van der Waals surface area contributed by atoms with Gasteiger partial charge in [-0.15, -0.1) is 0 Å². The molecule has 1 aliphatic rings. The maximum Gasteiger partial charge on any atom is 0.315 e. The first-order valence-corrected chi connectivity index (χ1v) is 4.10. The molecule has 0 atom stereocenters. The molecule has 70 valence electrons. The lowest BCUT2D eigenvalue weighted by molar-refractivity contribution is -0.182. The Labute approximate surface area is 72.1 Å². The molecular weight excluding hydrogens is 158 g/mol. The lowest BCUT2D eigenvalue weighted by atomic mass is 9.85. The molecule has 4 nitrogen and oxygen atoms in total. The van der Waals surface area contributed by atoms with E-state index in [1.165, 1.54) is 0 Å². The highest BCUT2D eigenvalue weighted by atomic mass is 16.5. The van der Waals surface area contributed by atoms with Crippen LogP contribution in [0.25, 0.3) is 0 Å². The number of hydrogen-bond donors (Lipinski definition) is 1. The van der Waals surface area contributed by atoms with Gasteiger partial charge in [-0.2, -0.15) is 0 Å². The zero-order chi connectivity index (χ0) is 9.19. The van der Waals surface area contributed by atoms with Crippen molar-refractivity contribution in [3.8, 4) is 0 Å². The van der Waals surface area contributed by atoms with Crippen LogP contribution in [0.3, 0.4) is 0 Å². The third kappa shape index (κ3) is 1.59. The molecule has 1 aliphatic heterocycles. The van der Waals surface area contributed by atoms with Gasteiger partial charge in [0.15, 0.2) is 0 Å². The summed E-state index contributed by atoms with van der Waals surface area (Å²) in [7, 11) is 1.92. The molecule has 1 N–H and O–H groups in total. The molecule has 0 saturated carbocycles. The summed E-state index contributed by atoms with van der Waals surface area (Å²) in [5.41, 5.74) is -0.634. The number of ether oxygens (including phenoxy) is 1. The minimum absolute atomic E-state index is 0.354. The Hall–Kier alpha value is -0.610. The fourth-order valence-corrected chi connectivity index (χ4v) is 1.26. The fourth-order valence-electron chi connectivity index (χ4n) is 1.26. The largest absolute Gasteiger partial charge is 0.481 e. The molecular formula is C8H15NO3. The highest BCUT2D eigenvalue weighted by Crippen LogP contribution is 2.28. The predicted octanol–water partition coefficient (Wildman–Crippen LogP) is 0.0393. The number of nitrogens with zero attached hydrogens (tertiary/aromatic N) is 1. The number of hydrogen-bond acceptors (Lipinski definition) is 3. The van der Waals surface area contributed by atoms with Crippen molar-refractivity contribution in [1.29, 1.82) is 0 Å². The zero-order valence-electron chi connectivity index (χ0n) is 7.54. The molecule has 1 fully saturated rings. The van der Waals surface area contributed by atoms with Crippen molar-refractivity contribution in [2.24, 2.45) is 5.41 Å². The van der Waals surface area contributed by atoms with E-state index in [0.717, 1.165) is 6.54 Å². The molecule has 0 aromatic heterocycles. The summed E-state index contributed by atoms with van der Waals surface area (Å²) in [5, 5.41) is 8.92. The first-order chi connectivity index (χ1) is 5.60. The fraction of sp³-hybridized carbons (Fsp3) is 0.875. The monoisotopic (exact) mass is 173 g/mol. The van der Waals surface area contributed by atoms with Gasteiger partial charge in [0.1, 0.15) is 5.41 Å². The van der Waals surface area contributed by atoms with E-state index < -0.39 is 11.4 Å². The van der Waals surface area contributed by atoms with Gasteiger partial charge in [-0.25, -0.2) is 0 Å². The van der Waals surface area contributed by atoms with Crippen LogP contribution in [0.2, 0.25) is 0 Å². The van der Waals surface area contributed by atoms with Crippen LogP contribution in [0.5, 0.6) is 0 Å². The van der Waals surface area contributed by atoms with E-state index >= 15 is 0 Å². The summed E-state index contributed by atoms with van der Waals surface area (Å²) in [6.07, 6.45) is 0. The quantitative estimate of drug-likeness (QED) is 0.652. The average molecular weight is 173 g/mol. The molecule has 0 aliphatic carbocycles. The minimum Gasteiger partial charge on any atom is -0.481 e. The van der Waals surface area contributed by atoms with Gasteiger partial charge in [-0.05, 0) is 13.6 Å². The third-order valence-corrected chi connectivity index (χ3v) is 2.32. The molecule has 12 heavy (non-hydrogen) atoms. The van der Waals surface area contributed by atoms with Crippen LogP contribution in [0.15, 0.2) is 0 Å². The topological polar surface area (TPSA) is 49.8 Å². The number of carbonyl (C=O) groups is 1. The molecule has 4 heteroatoms. The van der Waals surface area contributed by atoms with Crippen LogP contribution in [0.1, 0.15) is 6.92 Å². The molecule has 0 aromatic carbocycles. The smallest absolute Gasteiger partial charge is 0.315 e. The Morgan fingerprint density at radius 2 is 2.25 bits per heavy atom. The van der Waals surface area contributed by atoms with E-state index in [2.05, 4.69) is 0 Å². The summed E-state index contributed by atoms with van der Waals surface area (Å²) in [6.45, 7) is 4.17. The molecule has 1 heterocycles. The molecule has 0 radical (unpaired) electrons. The van der Waals surface area contributed by atoms with Gasteiger partial charge < -0.3 is 14.7 Å². The summed E-state index contributed by atoms with van der Waals surface area (Å²) in [6, 6.07) is 0. The molecule has 0 spiro atoms. The molecule has 1 saturated heterocycles. The molecule has 1 rings (SSSR count). The number of rotatable bonds is 4. The van der Waals surface area contributed by atoms with Crippen molar-refractivity contribution < 1.29 is 14.6 Å². The van der Waals surface area contributed by atoms with Crippen LogP contribution in [-0.2, 0) is 9.53 Å². The van der Waals surface area contributed by atoms with Crippen molar-refractivity contribution in [3.05, 3.63) is 0 Å². The highest BCUT2D eigenvalue weighted by Gasteiger charge is 2.46. The van der Waals surface area contributed by atoms with Crippen molar-refractivity contribution >= 4 is 5.97 Å². The van der Waals surface area contributed by atoms with Crippen LogP contribution >= 0.6 is 0 Å². The zero-order valence-corrected chi connectivity index (χ0v) is 7.54. The number of aliphatic carboxylic acids is 1. The Morgan fingerprint density at radius 1 is 1.67 bits per heavy atom. The van der Waals surface area contributed by atoms with E-state index in [4.69, 9.17) is 9.84 Å². The summed E-state index contributed by atoms with van der Waals surface area (Å²) in [4.78, 5) is 12.8. The summed E-state index contributed by atoms with van der Waals surface area (Å²) in [5.74, 6) is -0.742. The maximum atomic E-state index is 10.8. The van der Waals surface area contributed by atoms with Gasteiger partial charge in [-0.3, -0.25) is 4.79 Å². The lowest BCUT2D eigenvalue weighted by Crippen LogP contribution is -2.55. The number of carboxylic acids is 1. The second-order valence-electron chi connectivity index (χ2n) is 3.41. The Bertz CT molecular complexity index is 177. The SMILES string of the molecule is CCN(C)CC1(C(=O)O)COC1. The van der Waals surface area contributed by atoms with Crippen LogP contribution < -0.4 is 0 Å². The van der Waals surface area contributed by atoms with Crippen molar-refractivity contribution in [1.82, 2.24) is 4.90 Å². The van der Waals surface area contributed by atoms with Gasteiger partial charge in [0.2, 0.25) is 0 Å². The van der Waals surface area contributed by atoms with Crippen LogP contribution in [0, 0.1) is 5.41 Å². The first-order valence-electron chi connectivity index (χ1n) is 4.10. The molecule has 0 unspecified atom stereocenters.